The van der Waals surface area contributed by atoms with Crippen LogP contribution in [0.5, 0.6) is 0 Å². The van der Waals surface area contributed by atoms with Crippen LogP contribution in [0.3, 0.4) is 0 Å². The van der Waals surface area contributed by atoms with Crippen molar-refractivity contribution in [2.45, 2.75) is 19.3 Å². The summed E-state index contributed by atoms with van der Waals surface area (Å²) < 4.78 is 5.34. The number of esters is 1. The topological polar surface area (TPSA) is 60.4 Å². The third-order valence-corrected chi connectivity index (χ3v) is 4.36. The maximum absolute atomic E-state index is 13.1. The largest absolute Gasteiger partial charge is 0.464 e. The van der Waals surface area contributed by atoms with Crippen molar-refractivity contribution >= 4 is 17.5 Å². The third-order valence-electron chi connectivity index (χ3n) is 4.36. The van der Waals surface area contributed by atoms with Crippen molar-refractivity contribution in [2.75, 3.05) is 6.61 Å². The molecule has 4 heteroatoms. The first-order chi connectivity index (χ1) is 11.5. The number of ketones is 2. The van der Waals surface area contributed by atoms with Crippen molar-refractivity contribution in [1.29, 1.82) is 0 Å². The molecule has 0 aliphatic heterocycles. The van der Waals surface area contributed by atoms with Crippen LogP contribution in [0.1, 0.15) is 40.1 Å². The van der Waals surface area contributed by atoms with E-state index < -0.39 is 11.4 Å². The fourth-order valence-corrected chi connectivity index (χ4v) is 2.99. The van der Waals surface area contributed by atoms with Gasteiger partial charge in [-0.2, -0.15) is 0 Å². The van der Waals surface area contributed by atoms with Gasteiger partial charge in [0.1, 0.15) is 6.61 Å². The summed E-state index contributed by atoms with van der Waals surface area (Å²) in [6, 6.07) is 15.5. The van der Waals surface area contributed by atoms with Crippen LogP contribution in [0.25, 0.3) is 0 Å². The summed E-state index contributed by atoms with van der Waals surface area (Å²) in [6.45, 7) is 3.15. The lowest BCUT2D eigenvalue weighted by molar-refractivity contribution is -0.148. The summed E-state index contributed by atoms with van der Waals surface area (Å²) in [6.07, 6.45) is 0. The molecule has 0 unspecified atom stereocenters. The van der Waals surface area contributed by atoms with Crippen LogP contribution in [0, 0.1) is 5.92 Å². The Morgan fingerprint density at radius 1 is 0.917 bits per heavy atom. The summed E-state index contributed by atoms with van der Waals surface area (Å²) in [5.41, 5.74) is -0.179. The first kappa shape index (κ1) is 16.1. The van der Waals surface area contributed by atoms with Crippen molar-refractivity contribution in [3.63, 3.8) is 0 Å². The maximum atomic E-state index is 13.1. The van der Waals surface area contributed by atoms with E-state index in [2.05, 4.69) is 0 Å². The van der Waals surface area contributed by atoms with Gasteiger partial charge in [0, 0.05) is 11.1 Å². The van der Waals surface area contributed by atoms with Crippen LogP contribution in [0.4, 0.5) is 0 Å². The third kappa shape index (κ3) is 2.35. The molecule has 1 aliphatic carbocycles. The summed E-state index contributed by atoms with van der Waals surface area (Å²) in [4.78, 5) is 38.1. The molecule has 2 aromatic carbocycles. The Balaban J connectivity index is 2.10. The highest BCUT2D eigenvalue weighted by molar-refractivity contribution is 6.33. The molecule has 0 aromatic heterocycles. The van der Waals surface area contributed by atoms with E-state index in [-0.39, 0.29) is 24.1 Å². The number of rotatable bonds is 4. The molecule has 0 fully saturated rings. The highest BCUT2D eigenvalue weighted by Gasteiger charge is 2.55. The number of carbonyl (C=O) groups excluding carboxylic acids is 3. The molecule has 3 rings (SSSR count). The van der Waals surface area contributed by atoms with E-state index in [1.807, 2.05) is 6.07 Å². The molecular formula is C20H18O4. The Hall–Kier alpha value is -2.75. The quantitative estimate of drug-likeness (QED) is 0.640. The zero-order valence-electron chi connectivity index (χ0n) is 13.6. The molecule has 0 saturated carbocycles. The number of Topliss-reactive ketones (excluding diaryl/α,β-unsaturated/α-hetero) is 2. The minimum atomic E-state index is -1.49. The molecule has 0 heterocycles. The Bertz CT molecular complexity index is 770. The lowest BCUT2D eigenvalue weighted by Gasteiger charge is -2.26. The zero-order chi connectivity index (χ0) is 17.3. The van der Waals surface area contributed by atoms with E-state index in [0.717, 1.165) is 0 Å². The van der Waals surface area contributed by atoms with E-state index in [1.54, 1.807) is 62.4 Å². The Morgan fingerprint density at radius 2 is 1.42 bits per heavy atom. The van der Waals surface area contributed by atoms with E-state index in [4.69, 9.17) is 4.74 Å². The number of benzene rings is 2. The van der Waals surface area contributed by atoms with Crippen molar-refractivity contribution in [3.05, 3.63) is 71.3 Å². The molecule has 0 radical (unpaired) electrons. The molecule has 0 bridgehead atoms. The van der Waals surface area contributed by atoms with Crippen LogP contribution >= 0.6 is 0 Å². The molecule has 0 spiro atoms. The predicted octanol–water partition coefficient (Wildman–Crippen LogP) is 3.20. The Morgan fingerprint density at radius 3 is 1.92 bits per heavy atom. The van der Waals surface area contributed by atoms with Crippen LogP contribution in [-0.4, -0.2) is 24.1 Å². The number of ether oxygens (including phenoxy) is 1. The second-order valence-corrected chi connectivity index (χ2v) is 6.24. The maximum Gasteiger partial charge on any atom is 0.308 e. The Labute approximate surface area is 140 Å². The van der Waals surface area contributed by atoms with Gasteiger partial charge in [-0.15, -0.1) is 0 Å². The number of hydrogen-bond acceptors (Lipinski definition) is 4. The number of fused-ring (bicyclic) bond motifs is 1. The van der Waals surface area contributed by atoms with Crippen LogP contribution in [-0.2, 0) is 14.9 Å². The SMILES string of the molecule is CC(C)C(=O)OCC1(c2ccccc2)C(=O)c2ccccc2C1=O. The zero-order valence-corrected chi connectivity index (χ0v) is 13.6. The van der Waals surface area contributed by atoms with Crippen molar-refractivity contribution in [2.24, 2.45) is 5.92 Å². The fraction of sp³-hybridized carbons (Fsp3) is 0.250. The van der Waals surface area contributed by atoms with E-state index in [9.17, 15) is 14.4 Å². The van der Waals surface area contributed by atoms with Gasteiger partial charge in [0.25, 0.3) is 0 Å². The van der Waals surface area contributed by atoms with Crippen molar-refractivity contribution < 1.29 is 19.1 Å². The summed E-state index contributed by atoms with van der Waals surface area (Å²) in [5, 5.41) is 0. The molecule has 4 nitrogen and oxygen atoms in total. The van der Waals surface area contributed by atoms with Crippen molar-refractivity contribution in [1.82, 2.24) is 0 Å². The summed E-state index contributed by atoms with van der Waals surface area (Å²) >= 11 is 0. The fourth-order valence-electron chi connectivity index (χ4n) is 2.99. The van der Waals surface area contributed by atoms with Gasteiger partial charge in [-0.25, -0.2) is 0 Å². The second kappa shape index (κ2) is 6.04. The van der Waals surface area contributed by atoms with E-state index in [0.29, 0.717) is 16.7 Å². The first-order valence-corrected chi connectivity index (χ1v) is 7.89. The monoisotopic (exact) mass is 322 g/mol. The van der Waals surface area contributed by atoms with E-state index in [1.165, 1.54) is 0 Å². The van der Waals surface area contributed by atoms with Gasteiger partial charge in [0.15, 0.2) is 17.0 Å². The first-order valence-electron chi connectivity index (χ1n) is 7.89. The minimum absolute atomic E-state index is 0.277. The molecule has 0 N–H and O–H groups in total. The molecule has 0 saturated heterocycles. The smallest absolute Gasteiger partial charge is 0.308 e. The lowest BCUT2D eigenvalue weighted by Crippen LogP contribution is -2.44. The average Bonchev–Trinajstić information content (AvgIpc) is 2.83. The van der Waals surface area contributed by atoms with Crippen LogP contribution in [0.2, 0.25) is 0 Å². The van der Waals surface area contributed by atoms with Crippen molar-refractivity contribution in [3.8, 4) is 0 Å². The summed E-state index contributed by atoms with van der Waals surface area (Å²) in [7, 11) is 0. The van der Waals surface area contributed by atoms with E-state index >= 15 is 0 Å². The average molecular weight is 322 g/mol. The molecule has 0 amide bonds. The minimum Gasteiger partial charge on any atom is -0.464 e. The van der Waals surface area contributed by atoms with Gasteiger partial charge in [0.05, 0.1) is 5.92 Å². The second-order valence-electron chi connectivity index (χ2n) is 6.24. The van der Waals surface area contributed by atoms with Gasteiger partial charge in [-0.1, -0.05) is 68.4 Å². The van der Waals surface area contributed by atoms with Gasteiger partial charge >= 0.3 is 5.97 Å². The van der Waals surface area contributed by atoms with Crippen LogP contribution in [0.15, 0.2) is 54.6 Å². The van der Waals surface area contributed by atoms with Gasteiger partial charge < -0.3 is 4.74 Å². The molecule has 2 aromatic rings. The standard InChI is InChI=1S/C20H18O4/c1-13(2)19(23)24-12-20(14-8-4-3-5-9-14)17(21)15-10-6-7-11-16(15)18(20)22/h3-11,13H,12H2,1-2H3. The number of hydrogen-bond donors (Lipinski definition) is 0. The predicted molar refractivity (Wildman–Crippen MR) is 89.0 cm³/mol. The molecule has 1 aliphatic rings. The van der Waals surface area contributed by atoms with Gasteiger partial charge in [-0.3, -0.25) is 14.4 Å². The highest BCUT2D eigenvalue weighted by Crippen LogP contribution is 2.40. The molecule has 0 atom stereocenters. The highest BCUT2D eigenvalue weighted by atomic mass is 16.5. The normalized spacial score (nSPS) is 15.5. The van der Waals surface area contributed by atoms with Crippen LogP contribution < -0.4 is 0 Å². The molecule has 24 heavy (non-hydrogen) atoms. The van der Waals surface area contributed by atoms with Gasteiger partial charge in [0.2, 0.25) is 0 Å². The number of carbonyl (C=O) groups is 3. The lowest BCUT2D eigenvalue weighted by atomic mass is 9.76. The molecular weight excluding hydrogens is 304 g/mol. The molecule has 122 valence electrons. The van der Waals surface area contributed by atoms with Gasteiger partial charge in [-0.05, 0) is 5.56 Å². The Kier molecular flexibility index (Phi) is 4.06. The summed E-state index contributed by atoms with van der Waals surface area (Å²) in [5.74, 6) is -1.38.